The third-order valence-electron chi connectivity index (χ3n) is 3.43. The van der Waals surface area contributed by atoms with E-state index in [4.69, 9.17) is 0 Å². The first-order chi connectivity index (χ1) is 7.36. The van der Waals surface area contributed by atoms with Gasteiger partial charge in [0.05, 0.1) is 6.04 Å². The van der Waals surface area contributed by atoms with Crippen molar-refractivity contribution in [3.63, 3.8) is 0 Å². The Balaban J connectivity index is 1.97. The fourth-order valence-electron chi connectivity index (χ4n) is 2.67. The van der Waals surface area contributed by atoms with Gasteiger partial charge in [-0.3, -0.25) is 4.79 Å². The minimum absolute atomic E-state index is 0.114. The zero-order chi connectivity index (χ0) is 10.3. The molecule has 78 valence electrons. The fraction of sp³-hybridized carbons (Fsp3) is 0.417. The van der Waals surface area contributed by atoms with Gasteiger partial charge in [-0.2, -0.15) is 0 Å². The van der Waals surface area contributed by atoms with Gasteiger partial charge in [0.1, 0.15) is 0 Å². The van der Waals surface area contributed by atoms with Crippen LogP contribution in [0.2, 0.25) is 0 Å². The van der Waals surface area contributed by atoms with Crippen molar-refractivity contribution in [2.24, 2.45) is 11.8 Å². The number of hydrogen-bond acceptors (Lipinski definition) is 2. The lowest BCUT2D eigenvalue weighted by atomic mass is 9.74. The van der Waals surface area contributed by atoms with Gasteiger partial charge in [0.15, 0.2) is 0 Å². The van der Waals surface area contributed by atoms with Crippen molar-refractivity contribution < 1.29 is 4.79 Å². The Bertz CT molecular complexity index is 381. The van der Waals surface area contributed by atoms with Crippen LogP contribution in [-0.4, -0.2) is 25.0 Å². The molecule has 3 rings (SSSR count). The highest BCUT2D eigenvalue weighted by molar-refractivity contribution is 5.95. The number of amides is 1. The van der Waals surface area contributed by atoms with Crippen molar-refractivity contribution in [3.05, 3.63) is 36.0 Å². The summed E-state index contributed by atoms with van der Waals surface area (Å²) >= 11 is 0. The van der Waals surface area contributed by atoms with Crippen molar-refractivity contribution in [1.29, 1.82) is 0 Å². The van der Waals surface area contributed by atoms with Gasteiger partial charge in [0, 0.05) is 30.5 Å². The van der Waals surface area contributed by atoms with E-state index in [0.29, 0.717) is 11.8 Å². The number of carbonyl (C=O) groups is 1. The lowest BCUT2D eigenvalue weighted by Gasteiger charge is -2.40. The highest BCUT2D eigenvalue weighted by Crippen LogP contribution is 2.32. The predicted molar refractivity (Wildman–Crippen MR) is 58.1 cm³/mol. The van der Waals surface area contributed by atoms with Gasteiger partial charge in [-0.25, -0.2) is 0 Å². The van der Waals surface area contributed by atoms with Gasteiger partial charge in [-0.05, 0) is 0 Å². The Labute approximate surface area is 88.9 Å². The van der Waals surface area contributed by atoms with Crippen LogP contribution in [0.3, 0.4) is 0 Å². The molecule has 3 aliphatic rings. The summed E-state index contributed by atoms with van der Waals surface area (Å²) in [5.41, 5.74) is 0.968. The summed E-state index contributed by atoms with van der Waals surface area (Å²) in [5, 5.41) is 6.37. The minimum atomic E-state index is 0.114. The van der Waals surface area contributed by atoms with E-state index in [1.54, 1.807) is 0 Å². The highest BCUT2D eigenvalue weighted by atomic mass is 16.1. The summed E-state index contributed by atoms with van der Waals surface area (Å²) < 4.78 is 0. The molecule has 3 atom stereocenters. The Morgan fingerprint density at radius 3 is 3.07 bits per heavy atom. The summed E-state index contributed by atoms with van der Waals surface area (Å²) in [6.45, 7) is 1.73. The van der Waals surface area contributed by atoms with Crippen molar-refractivity contribution in [3.8, 4) is 0 Å². The molecular formula is C12H14N2O. The number of fused-ring (bicyclic) bond motifs is 3. The van der Waals surface area contributed by atoms with E-state index in [1.807, 2.05) is 12.2 Å². The van der Waals surface area contributed by atoms with Crippen LogP contribution in [0.4, 0.5) is 0 Å². The first kappa shape index (κ1) is 8.92. The summed E-state index contributed by atoms with van der Waals surface area (Å²) in [5.74, 6) is 0.883. The molecule has 2 N–H and O–H groups in total. The quantitative estimate of drug-likeness (QED) is 0.596. The number of carbonyl (C=O) groups excluding carboxylic acids is 1. The first-order valence-electron chi connectivity index (χ1n) is 5.43. The molecule has 2 aliphatic heterocycles. The summed E-state index contributed by atoms with van der Waals surface area (Å²) in [7, 11) is 0. The van der Waals surface area contributed by atoms with E-state index in [9.17, 15) is 4.79 Å². The molecule has 3 unspecified atom stereocenters. The molecule has 0 spiro atoms. The second kappa shape index (κ2) is 3.35. The Hall–Kier alpha value is -1.35. The average Bonchev–Trinajstić information content (AvgIpc) is 2.30. The second-order valence-corrected chi connectivity index (χ2v) is 4.27. The highest BCUT2D eigenvalue weighted by Gasteiger charge is 2.39. The molecule has 1 fully saturated rings. The molecule has 3 nitrogen and oxygen atoms in total. The fourth-order valence-corrected chi connectivity index (χ4v) is 2.67. The van der Waals surface area contributed by atoms with Crippen LogP contribution in [0.5, 0.6) is 0 Å². The maximum absolute atomic E-state index is 11.8. The molecule has 1 saturated heterocycles. The van der Waals surface area contributed by atoms with Gasteiger partial charge < -0.3 is 10.6 Å². The summed E-state index contributed by atoms with van der Waals surface area (Å²) in [6.07, 6.45) is 10.4. The Kier molecular flexibility index (Phi) is 1.99. The molecule has 0 aromatic rings. The van der Waals surface area contributed by atoms with Crippen molar-refractivity contribution >= 4 is 5.91 Å². The molecule has 0 aromatic heterocycles. The standard InChI is InChI=1S/C12H14N2O/c15-12-9-5-6-13-7-10(9)8-3-1-2-4-11(8)14-12/h1-5,8,10-11,13H,6-7H2,(H,14,15). The molecule has 1 aliphatic carbocycles. The maximum atomic E-state index is 11.8. The van der Waals surface area contributed by atoms with Gasteiger partial charge in [0.25, 0.3) is 0 Å². The average molecular weight is 202 g/mol. The van der Waals surface area contributed by atoms with Crippen LogP contribution >= 0.6 is 0 Å². The molecule has 0 saturated carbocycles. The molecule has 2 heterocycles. The van der Waals surface area contributed by atoms with Gasteiger partial charge in [0.2, 0.25) is 5.91 Å². The molecular weight excluding hydrogens is 188 g/mol. The van der Waals surface area contributed by atoms with Gasteiger partial charge >= 0.3 is 0 Å². The summed E-state index contributed by atoms with van der Waals surface area (Å²) in [4.78, 5) is 11.8. The van der Waals surface area contributed by atoms with E-state index < -0.39 is 0 Å². The Morgan fingerprint density at radius 2 is 2.13 bits per heavy atom. The first-order valence-corrected chi connectivity index (χ1v) is 5.43. The Morgan fingerprint density at radius 1 is 1.27 bits per heavy atom. The SMILES string of the molecule is O=C1NC2C=CC=CC2C2CNCC=C12. The van der Waals surface area contributed by atoms with Crippen molar-refractivity contribution in [1.82, 2.24) is 10.6 Å². The monoisotopic (exact) mass is 202 g/mol. The van der Waals surface area contributed by atoms with Crippen LogP contribution < -0.4 is 10.6 Å². The third kappa shape index (κ3) is 1.35. The zero-order valence-corrected chi connectivity index (χ0v) is 8.44. The van der Waals surface area contributed by atoms with Crippen LogP contribution in [-0.2, 0) is 4.79 Å². The van der Waals surface area contributed by atoms with Gasteiger partial charge in [-0.15, -0.1) is 0 Å². The van der Waals surface area contributed by atoms with Crippen LogP contribution in [0.25, 0.3) is 0 Å². The van der Waals surface area contributed by atoms with E-state index in [2.05, 4.69) is 28.9 Å². The molecule has 1 amide bonds. The molecule has 0 bridgehead atoms. The topological polar surface area (TPSA) is 41.1 Å². The number of piperidine rings is 1. The third-order valence-corrected chi connectivity index (χ3v) is 3.43. The lowest BCUT2D eigenvalue weighted by molar-refractivity contribution is -0.120. The van der Waals surface area contributed by atoms with E-state index >= 15 is 0 Å². The largest absolute Gasteiger partial charge is 0.345 e. The van der Waals surface area contributed by atoms with E-state index in [0.717, 1.165) is 18.7 Å². The number of rotatable bonds is 0. The van der Waals surface area contributed by atoms with Crippen molar-refractivity contribution in [2.75, 3.05) is 13.1 Å². The summed E-state index contributed by atoms with van der Waals surface area (Å²) in [6, 6.07) is 0.185. The van der Waals surface area contributed by atoms with E-state index in [-0.39, 0.29) is 11.9 Å². The van der Waals surface area contributed by atoms with Crippen LogP contribution in [0.1, 0.15) is 0 Å². The van der Waals surface area contributed by atoms with Crippen molar-refractivity contribution in [2.45, 2.75) is 6.04 Å². The van der Waals surface area contributed by atoms with Crippen LogP contribution in [0.15, 0.2) is 36.0 Å². The molecule has 3 heteroatoms. The predicted octanol–water partition coefficient (Wildman–Crippen LogP) is 0.373. The zero-order valence-electron chi connectivity index (χ0n) is 8.44. The smallest absolute Gasteiger partial charge is 0.247 e. The number of allylic oxidation sites excluding steroid dienone is 2. The van der Waals surface area contributed by atoms with Crippen LogP contribution in [0, 0.1) is 11.8 Å². The minimum Gasteiger partial charge on any atom is -0.345 e. The number of nitrogens with one attached hydrogen (secondary N) is 2. The molecule has 0 radical (unpaired) electrons. The van der Waals surface area contributed by atoms with Gasteiger partial charge in [-0.1, -0.05) is 30.4 Å². The van der Waals surface area contributed by atoms with E-state index in [1.165, 1.54) is 0 Å². The number of hydrogen-bond donors (Lipinski definition) is 2. The molecule has 15 heavy (non-hydrogen) atoms. The second-order valence-electron chi connectivity index (χ2n) is 4.27. The maximum Gasteiger partial charge on any atom is 0.247 e. The normalized spacial score (nSPS) is 37.7. The molecule has 0 aromatic carbocycles. The lowest BCUT2D eigenvalue weighted by Crippen LogP contribution is -2.53.